The van der Waals surface area contributed by atoms with Gasteiger partial charge in [-0.15, -0.1) is 0 Å². The van der Waals surface area contributed by atoms with Crippen LogP contribution in [0.25, 0.3) is 0 Å². The Morgan fingerprint density at radius 3 is 2.78 bits per heavy atom. The predicted octanol–water partition coefficient (Wildman–Crippen LogP) is 0.911. The Balaban J connectivity index is 1.82. The standard InChI is InChI=1S/C13H22N4O/c1-11(13(18)17-7-4-3-5-8-17)15-10-12-14-6-9-16(12)2/h6,9,11,15H,3-5,7-8,10H2,1-2H3. The van der Waals surface area contributed by atoms with Crippen molar-refractivity contribution in [1.82, 2.24) is 19.8 Å². The molecule has 1 fully saturated rings. The van der Waals surface area contributed by atoms with E-state index in [1.54, 1.807) is 6.20 Å². The number of hydrogen-bond acceptors (Lipinski definition) is 3. The molecule has 0 saturated carbocycles. The van der Waals surface area contributed by atoms with E-state index in [4.69, 9.17) is 0 Å². The number of carbonyl (C=O) groups is 1. The molecule has 5 heteroatoms. The van der Waals surface area contributed by atoms with Crippen LogP contribution >= 0.6 is 0 Å². The second kappa shape index (κ2) is 6.00. The van der Waals surface area contributed by atoms with Gasteiger partial charge in [0.2, 0.25) is 5.91 Å². The minimum atomic E-state index is -0.139. The maximum Gasteiger partial charge on any atom is 0.239 e. The quantitative estimate of drug-likeness (QED) is 0.864. The zero-order valence-corrected chi connectivity index (χ0v) is 11.2. The molecule has 1 aromatic rings. The molecule has 1 unspecified atom stereocenters. The second-order valence-corrected chi connectivity index (χ2v) is 4.94. The van der Waals surface area contributed by atoms with Gasteiger partial charge in [0, 0.05) is 32.5 Å². The summed E-state index contributed by atoms with van der Waals surface area (Å²) in [4.78, 5) is 18.4. The number of amides is 1. The number of nitrogens with one attached hydrogen (secondary N) is 1. The predicted molar refractivity (Wildman–Crippen MR) is 69.9 cm³/mol. The third-order valence-electron chi connectivity index (χ3n) is 3.53. The van der Waals surface area contributed by atoms with Gasteiger partial charge in [0.25, 0.3) is 0 Å². The molecule has 5 nitrogen and oxygen atoms in total. The Morgan fingerprint density at radius 2 is 2.17 bits per heavy atom. The van der Waals surface area contributed by atoms with Gasteiger partial charge in [-0.05, 0) is 26.2 Å². The fraction of sp³-hybridized carbons (Fsp3) is 0.692. The summed E-state index contributed by atoms with van der Waals surface area (Å²) in [6, 6.07) is -0.139. The van der Waals surface area contributed by atoms with E-state index in [0.29, 0.717) is 6.54 Å². The molecule has 0 radical (unpaired) electrons. The fourth-order valence-electron chi connectivity index (χ4n) is 2.29. The van der Waals surface area contributed by atoms with E-state index in [9.17, 15) is 4.79 Å². The van der Waals surface area contributed by atoms with Crippen LogP contribution in [0.3, 0.4) is 0 Å². The number of imidazole rings is 1. The molecular weight excluding hydrogens is 228 g/mol. The van der Waals surface area contributed by atoms with Gasteiger partial charge in [-0.3, -0.25) is 10.1 Å². The Morgan fingerprint density at radius 1 is 1.44 bits per heavy atom. The van der Waals surface area contributed by atoms with Gasteiger partial charge in [-0.25, -0.2) is 4.98 Å². The van der Waals surface area contributed by atoms with Crippen LogP contribution in [0.2, 0.25) is 0 Å². The average molecular weight is 250 g/mol. The summed E-state index contributed by atoms with van der Waals surface area (Å²) in [6.45, 7) is 4.38. The van der Waals surface area contributed by atoms with E-state index in [0.717, 1.165) is 31.8 Å². The number of aryl methyl sites for hydroxylation is 1. The van der Waals surface area contributed by atoms with Crippen LogP contribution < -0.4 is 5.32 Å². The molecule has 18 heavy (non-hydrogen) atoms. The van der Waals surface area contributed by atoms with Gasteiger partial charge < -0.3 is 9.47 Å². The third kappa shape index (κ3) is 3.10. The summed E-state index contributed by atoms with van der Waals surface area (Å²) in [5.74, 6) is 1.16. The fourth-order valence-corrected chi connectivity index (χ4v) is 2.29. The lowest BCUT2D eigenvalue weighted by atomic mass is 10.1. The number of aromatic nitrogens is 2. The zero-order chi connectivity index (χ0) is 13.0. The highest BCUT2D eigenvalue weighted by Gasteiger charge is 2.21. The molecule has 1 amide bonds. The van der Waals surface area contributed by atoms with E-state index >= 15 is 0 Å². The molecule has 2 heterocycles. The minimum Gasteiger partial charge on any atom is -0.341 e. The highest BCUT2D eigenvalue weighted by atomic mass is 16.2. The normalized spacial score (nSPS) is 17.8. The molecule has 0 aliphatic carbocycles. The summed E-state index contributed by atoms with van der Waals surface area (Å²) in [7, 11) is 1.96. The molecule has 1 saturated heterocycles. The highest BCUT2D eigenvalue weighted by molar-refractivity contribution is 5.81. The minimum absolute atomic E-state index is 0.139. The van der Waals surface area contributed by atoms with Crippen LogP contribution in [0.5, 0.6) is 0 Å². The average Bonchev–Trinajstić information content (AvgIpc) is 2.81. The molecule has 1 atom stereocenters. The summed E-state index contributed by atoms with van der Waals surface area (Å²) in [6.07, 6.45) is 7.21. The maximum absolute atomic E-state index is 12.2. The van der Waals surface area contributed by atoms with Gasteiger partial charge in [0.15, 0.2) is 0 Å². The maximum atomic E-state index is 12.2. The summed E-state index contributed by atoms with van der Waals surface area (Å²) >= 11 is 0. The smallest absolute Gasteiger partial charge is 0.239 e. The number of piperidine rings is 1. The lowest BCUT2D eigenvalue weighted by Gasteiger charge is -2.29. The first-order valence-corrected chi connectivity index (χ1v) is 6.67. The van der Waals surface area contributed by atoms with Crippen molar-refractivity contribution in [3.05, 3.63) is 18.2 Å². The van der Waals surface area contributed by atoms with E-state index in [2.05, 4.69) is 10.3 Å². The molecule has 100 valence electrons. The van der Waals surface area contributed by atoms with Crippen LogP contribution in [0.4, 0.5) is 0 Å². The lowest BCUT2D eigenvalue weighted by molar-refractivity contribution is -0.133. The molecule has 0 aromatic carbocycles. The van der Waals surface area contributed by atoms with Crippen LogP contribution in [-0.4, -0.2) is 39.5 Å². The zero-order valence-electron chi connectivity index (χ0n) is 11.2. The number of carbonyl (C=O) groups excluding carboxylic acids is 1. The van der Waals surface area contributed by atoms with Crippen molar-refractivity contribution in [2.75, 3.05) is 13.1 Å². The molecule has 1 N–H and O–H groups in total. The number of hydrogen-bond donors (Lipinski definition) is 1. The van der Waals surface area contributed by atoms with Gasteiger partial charge in [0.05, 0.1) is 12.6 Å². The first-order chi connectivity index (χ1) is 8.68. The van der Waals surface area contributed by atoms with Gasteiger partial charge >= 0.3 is 0 Å². The summed E-state index contributed by atoms with van der Waals surface area (Å²) < 4.78 is 1.96. The second-order valence-electron chi connectivity index (χ2n) is 4.94. The molecular formula is C13H22N4O. The van der Waals surface area contributed by atoms with Crippen molar-refractivity contribution >= 4 is 5.91 Å². The SMILES string of the molecule is CC(NCc1nccn1C)C(=O)N1CCCCC1. The van der Waals surface area contributed by atoms with Gasteiger partial charge in [-0.1, -0.05) is 0 Å². The first-order valence-electron chi connectivity index (χ1n) is 6.67. The van der Waals surface area contributed by atoms with E-state index < -0.39 is 0 Å². The highest BCUT2D eigenvalue weighted by Crippen LogP contribution is 2.10. The molecule has 0 bridgehead atoms. The van der Waals surface area contributed by atoms with Crippen LogP contribution in [0.15, 0.2) is 12.4 Å². The van der Waals surface area contributed by atoms with Gasteiger partial charge in [0.1, 0.15) is 5.82 Å². The van der Waals surface area contributed by atoms with Crippen LogP contribution in [0.1, 0.15) is 32.0 Å². The molecule has 0 spiro atoms. The van der Waals surface area contributed by atoms with Crippen molar-refractivity contribution in [3.8, 4) is 0 Å². The van der Waals surface area contributed by atoms with Crippen molar-refractivity contribution in [2.45, 2.75) is 38.8 Å². The summed E-state index contributed by atoms with van der Waals surface area (Å²) in [5, 5.41) is 3.25. The lowest BCUT2D eigenvalue weighted by Crippen LogP contribution is -2.46. The largest absolute Gasteiger partial charge is 0.341 e. The Kier molecular flexibility index (Phi) is 4.36. The van der Waals surface area contributed by atoms with Crippen LogP contribution in [-0.2, 0) is 18.4 Å². The third-order valence-corrected chi connectivity index (χ3v) is 3.53. The van der Waals surface area contributed by atoms with Crippen molar-refractivity contribution < 1.29 is 4.79 Å². The van der Waals surface area contributed by atoms with Crippen molar-refractivity contribution in [3.63, 3.8) is 0 Å². The van der Waals surface area contributed by atoms with E-state index in [1.807, 2.05) is 29.6 Å². The molecule has 2 rings (SSSR count). The topological polar surface area (TPSA) is 50.2 Å². The van der Waals surface area contributed by atoms with E-state index in [-0.39, 0.29) is 11.9 Å². The Hall–Kier alpha value is -1.36. The first kappa shape index (κ1) is 13.1. The molecule has 1 aromatic heterocycles. The number of nitrogens with zero attached hydrogens (tertiary/aromatic N) is 3. The molecule has 1 aliphatic rings. The monoisotopic (exact) mass is 250 g/mol. The Bertz CT molecular complexity index is 395. The van der Waals surface area contributed by atoms with Gasteiger partial charge in [-0.2, -0.15) is 0 Å². The molecule has 1 aliphatic heterocycles. The Labute approximate surface area is 108 Å². The van der Waals surface area contributed by atoms with Crippen molar-refractivity contribution in [2.24, 2.45) is 7.05 Å². The number of rotatable bonds is 4. The summed E-state index contributed by atoms with van der Waals surface area (Å²) in [5.41, 5.74) is 0. The van der Waals surface area contributed by atoms with Crippen molar-refractivity contribution in [1.29, 1.82) is 0 Å². The van der Waals surface area contributed by atoms with Crippen LogP contribution in [0, 0.1) is 0 Å². The van der Waals surface area contributed by atoms with E-state index in [1.165, 1.54) is 6.42 Å². The number of likely N-dealkylation sites (tertiary alicyclic amines) is 1.